The lowest BCUT2D eigenvalue weighted by Gasteiger charge is -2.21. The van der Waals surface area contributed by atoms with Crippen LogP contribution in [0.25, 0.3) is 22.3 Å². The Morgan fingerprint density at radius 2 is 1.93 bits per heavy atom. The number of thioether (sulfide) groups is 1. The third-order valence-corrected chi connectivity index (χ3v) is 5.04. The van der Waals surface area contributed by atoms with Gasteiger partial charge in [-0.25, -0.2) is 4.98 Å². The Morgan fingerprint density at radius 1 is 1.21 bits per heavy atom. The molecule has 11 heteroatoms. The number of hydrogen-bond donors (Lipinski definition) is 0. The van der Waals surface area contributed by atoms with E-state index in [-0.39, 0.29) is 22.3 Å². The number of rotatable bonds is 5. The monoisotopic (exact) mass is 431 g/mol. The number of nitrogens with zero attached hydrogens (tertiary/aromatic N) is 3. The predicted octanol–water partition coefficient (Wildman–Crippen LogP) is 4.01. The first-order valence-corrected chi connectivity index (χ1v) is 9.33. The van der Waals surface area contributed by atoms with Crippen molar-refractivity contribution in [3.63, 3.8) is 0 Å². The van der Waals surface area contributed by atoms with E-state index in [1.165, 1.54) is 30.1 Å². The summed E-state index contributed by atoms with van der Waals surface area (Å²) in [5.41, 5.74) is -0.781. The summed E-state index contributed by atoms with van der Waals surface area (Å²) in [6.07, 6.45) is -3.51. The van der Waals surface area contributed by atoms with Crippen molar-refractivity contribution in [1.82, 2.24) is 9.55 Å². The molecule has 0 N–H and O–H groups in total. The van der Waals surface area contributed by atoms with Crippen molar-refractivity contribution < 1.29 is 26.7 Å². The van der Waals surface area contributed by atoms with Gasteiger partial charge in [-0.15, -0.1) is 11.8 Å². The number of fused-ring (bicyclic) bond motifs is 1. The minimum Gasteiger partial charge on any atom is -0.618 e. The molecule has 0 saturated heterocycles. The molecular formula is C18H14F5N3O2S. The lowest BCUT2D eigenvalue weighted by Crippen LogP contribution is -2.42. The van der Waals surface area contributed by atoms with Crippen LogP contribution in [0.1, 0.15) is 6.92 Å². The Hall–Kier alpha value is -2.69. The minimum atomic E-state index is -5.80. The maximum absolute atomic E-state index is 13.5. The molecule has 0 aliphatic rings. The molecule has 3 heterocycles. The first-order valence-electron chi connectivity index (χ1n) is 8.34. The van der Waals surface area contributed by atoms with Gasteiger partial charge in [0.15, 0.2) is 6.20 Å². The first kappa shape index (κ1) is 21.0. The number of aromatic nitrogens is 3. The van der Waals surface area contributed by atoms with Gasteiger partial charge >= 0.3 is 12.1 Å². The summed E-state index contributed by atoms with van der Waals surface area (Å²) in [5.74, 6) is -4.41. The van der Waals surface area contributed by atoms with Crippen molar-refractivity contribution in [2.45, 2.75) is 30.5 Å². The Morgan fingerprint density at radius 3 is 2.59 bits per heavy atom. The summed E-state index contributed by atoms with van der Waals surface area (Å²) in [6.45, 7) is 0.0292. The van der Waals surface area contributed by atoms with Crippen LogP contribution in [0.5, 0.6) is 0 Å². The number of hydrogen-bond acceptors (Lipinski definition) is 4. The van der Waals surface area contributed by atoms with Crippen LogP contribution in [0.15, 0.2) is 52.4 Å². The zero-order chi connectivity index (χ0) is 21.4. The van der Waals surface area contributed by atoms with Crippen molar-refractivity contribution in [3.8, 4) is 11.4 Å². The summed E-state index contributed by atoms with van der Waals surface area (Å²) in [7, 11) is 0. The van der Waals surface area contributed by atoms with E-state index in [0.29, 0.717) is 19.9 Å². The quantitative estimate of drug-likeness (QED) is 0.265. The second-order valence-corrected chi connectivity index (χ2v) is 7.37. The lowest BCUT2D eigenvalue weighted by atomic mass is 10.1. The Kier molecular flexibility index (Phi) is 5.52. The normalized spacial score (nSPS) is 12.5. The van der Waals surface area contributed by atoms with Crippen LogP contribution < -0.4 is 10.3 Å². The van der Waals surface area contributed by atoms with Gasteiger partial charge in [-0.2, -0.15) is 26.7 Å². The molecule has 0 aliphatic carbocycles. The van der Waals surface area contributed by atoms with Crippen LogP contribution in [0.2, 0.25) is 0 Å². The fraction of sp³-hybridized carbons (Fsp3) is 0.278. The van der Waals surface area contributed by atoms with Gasteiger partial charge < -0.3 is 9.77 Å². The van der Waals surface area contributed by atoms with Gasteiger partial charge in [0, 0.05) is 17.5 Å². The summed E-state index contributed by atoms with van der Waals surface area (Å²) in [4.78, 5) is 16.7. The fourth-order valence-corrected chi connectivity index (χ4v) is 3.57. The molecule has 154 valence electrons. The molecule has 0 atom stereocenters. The van der Waals surface area contributed by atoms with Gasteiger partial charge in [-0.05, 0) is 24.0 Å². The summed E-state index contributed by atoms with van der Waals surface area (Å²) in [5, 5.41) is 12.5. The summed E-state index contributed by atoms with van der Waals surface area (Å²) in [6, 6.07) is 6.84. The molecule has 3 aromatic heterocycles. The van der Waals surface area contributed by atoms with Crippen LogP contribution in [-0.4, -0.2) is 27.4 Å². The maximum atomic E-state index is 13.5. The Bertz CT molecular complexity index is 1110. The zero-order valence-electron chi connectivity index (χ0n) is 14.9. The van der Waals surface area contributed by atoms with E-state index in [1.54, 1.807) is 12.1 Å². The molecule has 0 spiro atoms. The van der Waals surface area contributed by atoms with Gasteiger partial charge in [-0.3, -0.25) is 4.79 Å². The predicted molar refractivity (Wildman–Crippen MR) is 97.8 cm³/mol. The summed E-state index contributed by atoms with van der Waals surface area (Å²) < 4.78 is 65.7. The Labute approximate surface area is 165 Å². The molecule has 0 unspecified atom stereocenters. The molecule has 0 aromatic carbocycles. The highest BCUT2D eigenvalue weighted by Crippen LogP contribution is 2.37. The topological polar surface area (TPSA) is 61.8 Å². The third kappa shape index (κ3) is 4.04. The first-order chi connectivity index (χ1) is 13.5. The van der Waals surface area contributed by atoms with E-state index in [2.05, 4.69) is 4.98 Å². The molecule has 0 amide bonds. The van der Waals surface area contributed by atoms with E-state index in [0.717, 1.165) is 12.3 Å². The van der Waals surface area contributed by atoms with E-state index in [4.69, 9.17) is 0 Å². The smallest absolute Gasteiger partial charge is 0.455 e. The molecular weight excluding hydrogens is 417 g/mol. The SMILES string of the molecule is CCSc1ccc[n+]([O-])c1-c1cc2ccc(=O)n(CC(F)(F)C(F)(F)F)c2cn1. The zero-order valence-corrected chi connectivity index (χ0v) is 15.7. The lowest BCUT2D eigenvalue weighted by molar-refractivity contribution is -0.595. The highest BCUT2D eigenvalue weighted by atomic mass is 32.2. The Balaban J connectivity index is 2.15. The van der Waals surface area contributed by atoms with E-state index in [9.17, 15) is 32.0 Å². The molecule has 5 nitrogen and oxygen atoms in total. The second-order valence-electron chi connectivity index (χ2n) is 6.07. The average Bonchev–Trinajstić information content (AvgIpc) is 2.63. The maximum Gasteiger partial charge on any atom is 0.455 e. The van der Waals surface area contributed by atoms with Crippen molar-refractivity contribution in [2.75, 3.05) is 5.75 Å². The minimum absolute atomic E-state index is 0.191. The molecule has 0 saturated carbocycles. The third-order valence-electron chi connectivity index (χ3n) is 4.11. The number of alkyl halides is 5. The standard InChI is InChI=1S/C18H14F5N3O2S/c1-2-29-14-4-3-7-26(28)16(14)12-8-11-5-6-15(27)25(13(11)9-24-12)10-17(19,20)18(21,22)23/h3-9H,2,10H2,1H3. The van der Waals surface area contributed by atoms with Crippen molar-refractivity contribution in [3.05, 3.63) is 58.3 Å². The van der Waals surface area contributed by atoms with Crippen molar-refractivity contribution in [2.24, 2.45) is 0 Å². The van der Waals surface area contributed by atoms with E-state index >= 15 is 0 Å². The van der Waals surface area contributed by atoms with Gasteiger partial charge in [0.2, 0.25) is 0 Å². The van der Waals surface area contributed by atoms with Crippen LogP contribution in [-0.2, 0) is 6.54 Å². The van der Waals surface area contributed by atoms with Gasteiger partial charge in [0.25, 0.3) is 11.3 Å². The van der Waals surface area contributed by atoms with E-state index < -0.39 is 24.2 Å². The second kappa shape index (κ2) is 7.62. The van der Waals surface area contributed by atoms with Crippen LogP contribution in [0, 0.1) is 5.21 Å². The van der Waals surface area contributed by atoms with Crippen LogP contribution in [0.4, 0.5) is 22.0 Å². The van der Waals surface area contributed by atoms with Crippen LogP contribution in [0.3, 0.4) is 0 Å². The van der Waals surface area contributed by atoms with Crippen molar-refractivity contribution >= 4 is 22.7 Å². The van der Waals surface area contributed by atoms with Gasteiger partial charge in [0.1, 0.15) is 5.69 Å². The molecule has 0 aliphatic heterocycles. The highest BCUT2D eigenvalue weighted by Gasteiger charge is 2.57. The molecule has 0 radical (unpaired) electrons. The molecule has 3 rings (SSSR count). The summed E-state index contributed by atoms with van der Waals surface area (Å²) >= 11 is 1.39. The average molecular weight is 431 g/mol. The number of pyridine rings is 3. The molecule has 29 heavy (non-hydrogen) atoms. The highest BCUT2D eigenvalue weighted by molar-refractivity contribution is 7.99. The van der Waals surface area contributed by atoms with Gasteiger partial charge in [-0.1, -0.05) is 6.92 Å². The van der Waals surface area contributed by atoms with Crippen molar-refractivity contribution in [1.29, 1.82) is 0 Å². The van der Waals surface area contributed by atoms with E-state index in [1.807, 2.05) is 6.92 Å². The largest absolute Gasteiger partial charge is 0.618 e. The van der Waals surface area contributed by atoms with Crippen LogP contribution >= 0.6 is 11.8 Å². The molecule has 3 aromatic rings. The molecule has 0 fully saturated rings. The van der Waals surface area contributed by atoms with Gasteiger partial charge in [0.05, 0.1) is 23.2 Å². The molecule has 0 bridgehead atoms. The fourth-order valence-electron chi connectivity index (χ4n) is 2.76. The number of halogens is 5.